The SMILES string of the molecule is CCOC(=O)CN(CC(=O)OCC)c1ccc(C(=O)NCC(C)O)cc1C. The second kappa shape index (κ2) is 11.2. The van der Waals surface area contributed by atoms with Gasteiger partial charge < -0.3 is 24.8 Å². The summed E-state index contributed by atoms with van der Waals surface area (Å²) >= 11 is 0. The Hall–Kier alpha value is -2.61. The molecular formula is C19H28N2O6. The van der Waals surface area contributed by atoms with Crippen molar-refractivity contribution in [3.8, 4) is 0 Å². The molecule has 0 aromatic heterocycles. The van der Waals surface area contributed by atoms with Crippen LogP contribution < -0.4 is 10.2 Å². The summed E-state index contributed by atoms with van der Waals surface area (Å²) in [4.78, 5) is 37.5. The third kappa shape index (κ3) is 7.65. The fraction of sp³-hybridized carbons (Fsp3) is 0.526. The number of aliphatic hydroxyl groups excluding tert-OH is 1. The number of hydrogen-bond donors (Lipinski definition) is 2. The topological polar surface area (TPSA) is 105 Å². The number of aryl methyl sites for hydroxylation is 1. The molecule has 0 heterocycles. The van der Waals surface area contributed by atoms with E-state index in [0.29, 0.717) is 16.8 Å². The average Bonchev–Trinajstić information content (AvgIpc) is 2.59. The van der Waals surface area contributed by atoms with Gasteiger partial charge in [-0.25, -0.2) is 0 Å². The van der Waals surface area contributed by atoms with Crippen molar-refractivity contribution in [2.24, 2.45) is 0 Å². The van der Waals surface area contributed by atoms with Crippen molar-refractivity contribution < 1.29 is 29.0 Å². The van der Waals surface area contributed by atoms with Gasteiger partial charge in [-0.1, -0.05) is 0 Å². The molecule has 8 nitrogen and oxygen atoms in total. The molecule has 8 heteroatoms. The highest BCUT2D eigenvalue weighted by Crippen LogP contribution is 2.21. The fourth-order valence-corrected chi connectivity index (χ4v) is 2.45. The van der Waals surface area contributed by atoms with Crippen LogP contribution in [0, 0.1) is 6.92 Å². The lowest BCUT2D eigenvalue weighted by Gasteiger charge is -2.25. The van der Waals surface area contributed by atoms with Crippen LogP contribution >= 0.6 is 0 Å². The number of ether oxygens (including phenoxy) is 2. The molecule has 2 N–H and O–H groups in total. The Labute approximate surface area is 159 Å². The van der Waals surface area contributed by atoms with Crippen LogP contribution in [0.3, 0.4) is 0 Å². The standard InChI is InChI=1S/C19H28N2O6/c1-5-26-17(23)11-21(12-18(24)27-6-2)16-8-7-15(9-13(16)3)19(25)20-10-14(4)22/h7-9,14,22H,5-6,10-12H2,1-4H3,(H,20,25). The number of benzene rings is 1. The first-order chi connectivity index (χ1) is 12.8. The number of rotatable bonds is 10. The highest BCUT2D eigenvalue weighted by atomic mass is 16.5. The predicted octanol–water partition coefficient (Wildman–Crippen LogP) is 1.04. The van der Waals surface area contributed by atoms with Crippen LogP contribution in [0.25, 0.3) is 0 Å². The van der Waals surface area contributed by atoms with E-state index in [2.05, 4.69) is 5.32 Å². The lowest BCUT2D eigenvalue weighted by atomic mass is 10.1. The first-order valence-corrected chi connectivity index (χ1v) is 8.91. The monoisotopic (exact) mass is 380 g/mol. The number of esters is 2. The highest BCUT2D eigenvalue weighted by Gasteiger charge is 2.19. The summed E-state index contributed by atoms with van der Waals surface area (Å²) in [5.74, 6) is -1.23. The third-order valence-corrected chi connectivity index (χ3v) is 3.61. The Morgan fingerprint density at radius 2 is 1.67 bits per heavy atom. The van der Waals surface area contributed by atoms with E-state index >= 15 is 0 Å². The minimum atomic E-state index is -0.640. The molecule has 1 aromatic rings. The molecule has 0 saturated heterocycles. The van der Waals surface area contributed by atoms with Crippen molar-refractivity contribution in [2.45, 2.75) is 33.8 Å². The smallest absolute Gasteiger partial charge is 0.325 e. The van der Waals surface area contributed by atoms with E-state index in [1.807, 2.05) is 0 Å². The molecule has 1 rings (SSSR count). The molecule has 1 unspecified atom stereocenters. The Kier molecular flexibility index (Phi) is 9.29. The summed E-state index contributed by atoms with van der Waals surface area (Å²) < 4.78 is 9.94. The zero-order chi connectivity index (χ0) is 20.4. The van der Waals surface area contributed by atoms with Gasteiger partial charge in [0.25, 0.3) is 5.91 Å². The van der Waals surface area contributed by atoms with Gasteiger partial charge in [0.15, 0.2) is 0 Å². The average molecular weight is 380 g/mol. The predicted molar refractivity (Wildman–Crippen MR) is 101 cm³/mol. The van der Waals surface area contributed by atoms with Crippen LogP contribution in [0.5, 0.6) is 0 Å². The number of nitrogens with one attached hydrogen (secondary N) is 1. The molecular weight excluding hydrogens is 352 g/mol. The van der Waals surface area contributed by atoms with Crippen molar-refractivity contribution in [2.75, 3.05) is 37.7 Å². The molecule has 0 aliphatic carbocycles. The Morgan fingerprint density at radius 1 is 1.11 bits per heavy atom. The van der Waals surface area contributed by atoms with Crippen LogP contribution in [-0.2, 0) is 19.1 Å². The van der Waals surface area contributed by atoms with Crippen molar-refractivity contribution in [3.63, 3.8) is 0 Å². The summed E-state index contributed by atoms with van der Waals surface area (Å²) in [7, 11) is 0. The first kappa shape index (κ1) is 22.4. The molecule has 150 valence electrons. The van der Waals surface area contributed by atoms with Crippen molar-refractivity contribution >= 4 is 23.5 Å². The molecule has 1 amide bonds. The third-order valence-electron chi connectivity index (χ3n) is 3.61. The van der Waals surface area contributed by atoms with E-state index < -0.39 is 18.0 Å². The van der Waals surface area contributed by atoms with E-state index in [1.165, 1.54) is 0 Å². The summed E-state index contributed by atoms with van der Waals surface area (Å²) in [6.45, 7) is 7.20. The van der Waals surface area contributed by atoms with Gasteiger partial charge in [0.2, 0.25) is 0 Å². The van der Waals surface area contributed by atoms with E-state index in [1.54, 1.807) is 50.8 Å². The van der Waals surface area contributed by atoms with Crippen molar-refractivity contribution in [1.82, 2.24) is 5.32 Å². The van der Waals surface area contributed by atoms with Gasteiger partial charge in [-0.15, -0.1) is 0 Å². The van der Waals surface area contributed by atoms with E-state index in [-0.39, 0.29) is 38.8 Å². The molecule has 0 saturated carbocycles. The second-order valence-corrected chi connectivity index (χ2v) is 6.03. The zero-order valence-electron chi connectivity index (χ0n) is 16.3. The number of carbonyl (C=O) groups is 3. The maximum absolute atomic E-state index is 12.1. The van der Waals surface area contributed by atoms with Gasteiger partial charge >= 0.3 is 11.9 Å². The van der Waals surface area contributed by atoms with Crippen LogP contribution in [0.15, 0.2) is 18.2 Å². The Balaban J connectivity index is 3.01. The number of hydrogen-bond acceptors (Lipinski definition) is 7. The first-order valence-electron chi connectivity index (χ1n) is 8.91. The van der Waals surface area contributed by atoms with Gasteiger partial charge in [-0.3, -0.25) is 14.4 Å². The molecule has 0 aliphatic heterocycles. The quantitative estimate of drug-likeness (QED) is 0.584. The Bertz CT molecular complexity index is 640. The lowest BCUT2D eigenvalue weighted by molar-refractivity contribution is -0.142. The van der Waals surface area contributed by atoms with Crippen LogP contribution in [0.2, 0.25) is 0 Å². The van der Waals surface area contributed by atoms with Gasteiger partial charge in [0, 0.05) is 17.8 Å². The molecule has 0 bridgehead atoms. The summed E-state index contributed by atoms with van der Waals surface area (Å²) in [6.07, 6.45) is -0.640. The van der Waals surface area contributed by atoms with Crippen LogP contribution in [0.4, 0.5) is 5.69 Å². The number of carbonyl (C=O) groups excluding carboxylic acids is 3. The summed E-state index contributed by atoms with van der Waals surface area (Å²) in [5, 5.41) is 11.9. The van der Waals surface area contributed by atoms with E-state index in [9.17, 15) is 19.5 Å². The second-order valence-electron chi connectivity index (χ2n) is 6.03. The van der Waals surface area contributed by atoms with Crippen LogP contribution in [0.1, 0.15) is 36.7 Å². The lowest BCUT2D eigenvalue weighted by Crippen LogP contribution is -2.37. The molecule has 0 aliphatic rings. The Morgan fingerprint density at radius 3 is 2.11 bits per heavy atom. The van der Waals surface area contributed by atoms with Gasteiger partial charge in [-0.05, 0) is 51.5 Å². The number of anilines is 1. The minimum absolute atomic E-state index is 0.110. The van der Waals surface area contributed by atoms with Gasteiger partial charge in [-0.2, -0.15) is 0 Å². The molecule has 0 spiro atoms. The maximum Gasteiger partial charge on any atom is 0.325 e. The number of amides is 1. The number of aliphatic hydroxyl groups is 1. The highest BCUT2D eigenvalue weighted by molar-refractivity contribution is 5.95. The fourth-order valence-electron chi connectivity index (χ4n) is 2.45. The van der Waals surface area contributed by atoms with Crippen molar-refractivity contribution in [1.29, 1.82) is 0 Å². The molecule has 1 atom stereocenters. The minimum Gasteiger partial charge on any atom is -0.465 e. The van der Waals surface area contributed by atoms with E-state index in [4.69, 9.17) is 9.47 Å². The molecule has 1 aromatic carbocycles. The molecule has 0 radical (unpaired) electrons. The zero-order valence-corrected chi connectivity index (χ0v) is 16.3. The molecule has 27 heavy (non-hydrogen) atoms. The molecule has 0 fully saturated rings. The van der Waals surface area contributed by atoms with E-state index in [0.717, 1.165) is 0 Å². The maximum atomic E-state index is 12.1. The summed E-state index contributed by atoms with van der Waals surface area (Å²) in [6, 6.07) is 4.93. The normalized spacial score (nSPS) is 11.4. The van der Waals surface area contributed by atoms with Crippen LogP contribution in [-0.4, -0.2) is 61.9 Å². The van der Waals surface area contributed by atoms with Gasteiger partial charge in [0.05, 0.1) is 19.3 Å². The van der Waals surface area contributed by atoms with Crippen molar-refractivity contribution in [3.05, 3.63) is 29.3 Å². The van der Waals surface area contributed by atoms with Gasteiger partial charge in [0.1, 0.15) is 13.1 Å². The largest absolute Gasteiger partial charge is 0.465 e. The summed E-state index contributed by atoms with van der Waals surface area (Å²) in [5.41, 5.74) is 1.76. The number of nitrogens with zero attached hydrogens (tertiary/aromatic N) is 1.